The maximum atomic E-state index is 13.8. The predicted molar refractivity (Wildman–Crippen MR) is 98.8 cm³/mol. The highest BCUT2D eigenvalue weighted by Crippen LogP contribution is 2.31. The van der Waals surface area contributed by atoms with Crippen LogP contribution in [0.25, 0.3) is 11.4 Å². The Morgan fingerprint density at radius 2 is 1.96 bits per heavy atom. The van der Waals surface area contributed by atoms with E-state index < -0.39 is 5.82 Å². The molecule has 0 saturated carbocycles. The molecule has 9 heteroatoms. The van der Waals surface area contributed by atoms with E-state index in [1.54, 1.807) is 13.3 Å². The van der Waals surface area contributed by atoms with Crippen molar-refractivity contribution in [2.45, 2.75) is 0 Å². The zero-order valence-corrected chi connectivity index (χ0v) is 15.2. The summed E-state index contributed by atoms with van der Waals surface area (Å²) in [7, 11) is 1.59. The minimum absolute atomic E-state index is 0.0730. The van der Waals surface area contributed by atoms with Gasteiger partial charge in [-0.3, -0.25) is 0 Å². The fourth-order valence-corrected chi connectivity index (χ4v) is 2.73. The summed E-state index contributed by atoms with van der Waals surface area (Å²) in [6.45, 7) is 0. The van der Waals surface area contributed by atoms with E-state index in [1.807, 2.05) is 24.3 Å². The topological polar surface area (TPSA) is 55.2 Å². The number of aromatic amines is 1. The highest BCUT2D eigenvalue weighted by molar-refractivity contribution is 7.71. The van der Waals surface area contributed by atoms with Crippen molar-refractivity contribution in [1.82, 2.24) is 14.9 Å². The third-order valence-electron chi connectivity index (χ3n) is 3.34. The maximum absolute atomic E-state index is 13.8. The molecule has 0 unspecified atom stereocenters. The van der Waals surface area contributed by atoms with E-state index in [0.29, 0.717) is 5.56 Å². The lowest BCUT2D eigenvalue weighted by atomic mass is 10.2. The molecule has 0 spiro atoms. The summed E-state index contributed by atoms with van der Waals surface area (Å²) in [5, 5.41) is 11.2. The fourth-order valence-electron chi connectivity index (χ4n) is 2.08. The van der Waals surface area contributed by atoms with Crippen LogP contribution in [-0.4, -0.2) is 28.2 Å². The summed E-state index contributed by atoms with van der Waals surface area (Å²) in [5.74, 6) is 0.400. The van der Waals surface area contributed by atoms with E-state index in [-0.39, 0.29) is 20.6 Å². The number of hydrogen-bond donors (Lipinski definition) is 1. The number of hydrogen-bond acceptors (Lipinski definition) is 4. The molecular formula is C16H11Cl2FN4OS. The van der Waals surface area contributed by atoms with Crippen LogP contribution < -0.4 is 4.74 Å². The minimum Gasteiger partial charge on any atom is -0.497 e. The van der Waals surface area contributed by atoms with Crippen LogP contribution in [0.15, 0.2) is 41.5 Å². The molecule has 2 aromatic carbocycles. The van der Waals surface area contributed by atoms with Crippen molar-refractivity contribution in [3.63, 3.8) is 0 Å². The van der Waals surface area contributed by atoms with E-state index in [4.69, 9.17) is 40.2 Å². The zero-order valence-electron chi connectivity index (χ0n) is 12.8. The minimum atomic E-state index is -0.610. The first-order chi connectivity index (χ1) is 12.0. The fraction of sp³-hybridized carbons (Fsp3) is 0.0625. The average molecular weight is 397 g/mol. The Morgan fingerprint density at radius 1 is 1.24 bits per heavy atom. The summed E-state index contributed by atoms with van der Waals surface area (Å²) in [6, 6.07) is 9.78. The van der Waals surface area contributed by atoms with Crippen LogP contribution in [0.5, 0.6) is 5.75 Å². The number of H-pyrrole nitrogens is 1. The molecule has 0 aliphatic rings. The molecule has 0 saturated heterocycles. The van der Waals surface area contributed by atoms with Crippen molar-refractivity contribution >= 4 is 41.6 Å². The Hall–Kier alpha value is -2.22. The van der Waals surface area contributed by atoms with Gasteiger partial charge in [-0.1, -0.05) is 23.2 Å². The van der Waals surface area contributed by atoms with Gasteiger partial charge < -0.3 is 4.74 Å². The molecule has 128 valence electrons. The van der Waals surface area contributed by atoms with Gasteiger partial charge in [0.25, 0.3) is 0 Å². The Kier molecular flexibility index (Phi) is 5.17. The van der Waals surface area contributed by atoms with Gasteiger partial charge in [0.15, 0.2) is 5.82 Å². The quantitative estimate of drug-likeness (QED) is 0.385. The van der Waals surface area contributed by atoms with E-state index in [2.05, 4.69) is 15.3 Å². The zero-order chi connectivity index (χ0) is 18.0. The van der Waals surface area contributed by atoms with Crippen LogP contribution in [0.2, 0.25) is 10.0 Å². The Bertz CT molecular complexity index is 998. The van der Waals surface area contributed by atoms with Gasteiger partial charge in [-0.15, -0.1) is 0 Å². The second-order valence-corrected chi connectivity index (χ2v) is 6.13. The van der Waals surface area contributed by atoms with Crippen molar-refractivity contribution in [3.05, 3.63) is 62.6 Å². The Morgan fingerprint density at radius 3 is 2.64 bits per heavy atom. The summed E-state index contributed by atoms with van der Waals surface area (Å²) < 4.78 is 20.5. The Balaban J connectivity index is 2.01. The third kappa shape index (κ3) is 3.73. The van der Waals surface area contributed by atoms with Crippen molar-refractivity contribution in [1.29, 1.82) is 0 Å². The van der Waals surface area contributed by atoms with Crippen LogP contribution >= 0.6 is 35.4 Å². The predicted octanol–water partition coefficient (Wildman–Crippen LogP) is 4.94. The molecule has 1 N–H and O–H groups in total. The van der Waals surface area contributed by atoms with Crippen molar-refractivity contribution in [2.75, 3.05) is 7.11 Å². The van der Waals surface area contributed by atoms with Gasteiger partial charge in [0.1, 0.15) is 11.6 Å². The summed E-state index contributed by atoms with van der Waals surface area (Å²) in [6.07, 6.45) is 1.59. The lowest BCUT2D eigenvalue weighted by Crippen LogP contribution is -1.96. The van der Waals surface area contributed by atoms with E-state index >= 15 is 0 Å². The van der Waals surface area contributed by atoms with Crippen LogP contribution in [0.3, 0.4) is 0 Å². The van der Waals surface area contributed by atoms with E-state index in [1.165, 1.54) is 16.8 Å². The number of methoxy groups -OCH3 is 1. The third-order valence-corrected chi connectivity index (χ3v) is 4.21. The number of ether oxygens (including phenoxy) is 1. The number of rotatable bonds is 4. The standard InChI is InChI=1S/C16H11Cl2FN4OS/c1-24-10-4-2-9(3-5-10)8-20-23-15(21-22-16(23)25)11-6-14(19)13(18)7-12(11)17/h2-8H,1H3,(H,22,25)/b20-8+. The summed E-state index contributed by atoms with van der Waals surface area (Å²) in [4.78, 5) is 0. The lowest BCUT2D eigenvalue weighted by Gasteiger charge is -2.05. The molecule has 5 nitrogen and oxygen atoms in total. The molecule has 3 aromatic rings. The number of nitrogens with zero attached hydrogens (tertiary/aromatic N) is 3. The first-order valence-corrected chi connectivity index (χ1v) is 8.16. The lowest BCUT2D eigenvalue weighted by molar-refractivity contribution is 0.415. The molecule has 0 aliphatic carbocycles. The highest BCUT2D eigenvalue weighted by atomic mass is 35.5. The molecule has 0 bridgehead atoms. The van der Waals surface area contributed by atoms with Gasteiger partial charge in [0.05, 0.1) is 23.4 Å². The molecule has 0 fully saturated rings. The van der Waals surface area contributed by atoms with Gasteiger partial charge in [-0.05, 0) is 54.2 Å². The first-order valence-electron chi connectivity index (χ1n) is 7.00. The molecule has 0 atom stereocenters. The molecule has 0 radical (unpaired) electrons. The van der Waals surface area contributed by atoms with Crippen molar-refractivity contribution < 1.29 is 9.13 Å². The molecule has 25 heavy (non-hydrogen) atoms. The molecule has 0 amide bonds. The molecule has 3 rings (SSSR count). The van der Waals surface area contributed by atoms with Crippen LogP contribution in [-0.2, 0) is 0 Å². The summed E-state index contributed by atoms with van der Waals surface area (Å²) in [5.41, 5.74) is 1.14. The van der Waals surface area contributed by atoms with Gasteiger partial charge in [-0.2, -0.15) is 14.9 Å². The number of halogens is 3. The van der Waals surface area contributed by atoms with Crippen molar-refractivity contribution in [3.8, 4) is 17.1 Å². The van der Waals surface area contributed by atoms with Crippen LogP contribution in [0.4, 0.5) is 4.39 Å². The monoisotopic (exact) mass is 396 g/mol. The second-order valence-electron chi connectivity index (χ2n) is 4.93. The van der Waals surface area contributed by atoms with Gasteiger partial charge in [-0.25, -0.2) is 9.49 Å². The first kappa shape index (κ1) is 17.6. The average Bonchev–Trinajstić information content (AvgIpc) is 2.97. The van der Waals surface area contributed by atoms with Gasteiger partial charge >= 0.3 is 0 Å². The number of nitrogens with one attached hydrogen (secondary N) is 1. The van der Waals surface area contributed by atoms with Crippen LogP contribution in [0, 0.1) is 10.6 Å². The summed E-state index contributed by atoms with van der Waals surface area (Å²) >= 11 is 17.1. The molecular weight excluding hydrogens is 386 g/mol. The van der Waals surface area contributed by atoms with E-state index in [9.17, 15) is 4.39 Å². The number of benzene rings is 2. The van der Waals surface area contributed by atoms with Gasteiger partial charge in [0.2, 0.25) is 4.77 Å². The molecule has 0 aliphatic heterocycles. The normalized spacial score (nSPS) is 11.2. The van der Waals surface area contributed by atoms with E-state index in [0.717, 1.165) is 11.3 Å². The Labute approximate surface area is 157 Å². The van der Waals surface area contributed by atoms with Crippen molar-refractivity contribution in [2.24, 2.45) is 5.10 Å². The number of aromatic nitrogens is 3. The molecule has 1 heterocycles. The largest absolute Gasteiger partial charge is 0.497 e. The highest BCUT2D eigenvalue weighted by Gasteiger charge is 2.15. The van der Waals surface area contributed by atoms with Gasteiger partial charge in [0, 0.05) is 5.56 Å². The maximum Gasteiger partial charge on any atom is 0.216 e. The second kappa shape index (κ2) is 7.35. The van der Waals surface area contributed by atoms with Crippen LogP contribution in [0.1, 0.15) is 5.56 Å². The SMILES string of the molecule is COc1ccc(/C=N/n2c(-c3cc(F)c(Cl)cc3Cl)n[nH]c2=S)cc1. The molecule has 1 aromatic heterocycles. The smallest absolute Gasteiger partial charge is 0.216 e.